The average Bonchev–Trinajstić information content (AvgIpc) is 3.17. The summed E-state index contributed by atoms with van der Waals surface area (Å²) in [6.07, 6.45) is 1.51. The maximum absolute atomic E-state index is 13.2. The van der Waals surface area contributed by atoms with Crippen molar-refractivity contribution in [3.8, 4) is 0 Å². The molecule has 2 amide bonds. The summed E-state index contributed by atoms with van der Waals surface area (Å²) >= 11 is 0. The van der Waals surface area contributed by atoms with Crippen LogP contribution < -0.4 is 10.2 Å². The van der Waals surface area contributed by atoms with Gasteiger partial charge in [0, 0.05) is 24.2 Å². The SMILES string of the molecule is CCc1ccc(CNC(=O)[C@@H]2Cc3ccccc3N2C(=O)c2ccccc2)cc1. The summed E-state index contributed by atoms with van der Waals surface area (Å²) in [4.78, 5) is 27.9. The van der Waals surface area contributed by atoms with Crippen molar-refractivity contribution >= 4 is 17.5 Å². The fourth-order valence-electron chi connectivity index (χ4n) is 3.77. The molecule has 0 aromatic heterocycles. The number of carbonyl (C=O) groups excluding carboxylic acids is 2. The molecule has 4 heteroatoms. The van der Waals surface area contributed by atoms with Crippen molar-refractivity contribution in [1.82, 2.24) is 5.32 Å². The molecule has 0 bridgehead atoms. The topological polar surface area (TPSA) is 49.4 Å². The molecule has 0 fully saturated rings. The standard InChI is InChI=1S/C25H24N2O2/c1-2-18-12-14-19(15-13-18)17-26-24(28)23-16-21-10-6-7-11-22(21)27(23)25(29)20-8-4-3-5-9-20/h3-15,23H,2,16-17H2,1H3,(H,26,28)/t23-/m0/s1. The molecule has 1 heterocycles. The van der Waals surface area contributed by atoms with Gasteiger partial charge in [0.15, 0.2) is 0 Å². The Morgan fingerprint density at radius 2 is 1.55 bits per heavy atom. The Balaban J connectivity index is 1.54. The molecule has 0 unspecified atom stereocenters. The minimum atomic E-state index is -0.546. The summed E-state index contributed by atoms with van der Waals surface area (Å²) in [6, 6.07) is 24.6. The Labute approximate surface area is 171 Å². The van der Waals surface area contributed by atoms with E-state index in [1.54, 1.807) is 17.0 Å². The van der Waals surface area contributed by atoms with E-state index >= 15 is 0 Å². The molecule has 4 nitrogen and oxygen atoms in total. The number of anilines is 1. The van der Waals surface area contributed by atoms with Gasteiger partial charge in [-0.15, -0.1) is 0 Å². The monoisotopic (exact) mass is 384 g/mol. The molecule has 29 heavy (non-hydrogen) atoms. The fraction of sp³-hybridized carbons (Fsp3) is 0.200. The first-order chi connectivity index (χ1) is 14.2. The van der Waals surface area contributed by atoms with E-state index in [-0.39, 0.29) is 11.8 Å². The van der Waals surface area contributed by atoms with E-state index in [1.807, 2.05) is 54.6 Å². The molecule has 1 aliphatic rings. The number of nitrogens with zero attached hydrogens (tertiary/aromatic N) is 1. The minimum Gasteiger partial charge on any atom is -0.350 e. The number of amides is 2. The molecule has 1 aliphatic heterocycles. The lowest BCUT2D eigenvalue weighted by Gasteiger charge is -2.25. The van der Waals surface area contributed by atoms with Crippen LogP contribution >= 0.6 is 0 Å². The highest BCUT2D eigenvalue weighted by molar-refractivity contribution is 6.11. The number of carbonyl (C=O) groups is 2. The molecule has 4 rings (SSSR count). The highest BCUT2D eigenvalue weighted by atomic mass is 16.2. The molecule has 3 aromatic rings. The predicted molar refractivity (Wildman–Crippen MR) is 115 cm³/mol. The fourth-order valence-corrected chi connectivity index (χ4v) is 3.77. The lowest BCUT2D eigenvalue weighted by atomic mass is 10.1. The first-order valence-corrected chi connectivity index (χ1v) is 9.99. The summed E-state index contributed by atoms with van der Waals surface area (Å²) < 4.78 is 0. The third kappa shape index (κ3) is 3.92. The van der Waals surface area contributed by atoms with Crippen LogP contribution in [0, 0.1) is 0 Å². The van der Waals surface area contributed by atoms with Crippen molar-refractivity contribution in [3.63, 3.8) is 0 Å². The van der Waals surface area contributed by atoms with E-state index in [0.29, 0.717) is 18.5 Å². The number of aryl methyl sites for hydroxylation is 1. The number of hydrogen-bond donors (Lipinski definition) is 1. The zero-order valence-corrected chi connectivity index (χ0v) is 16.5. The number of rotatable bonds is 5. The average molecular weight is 384 g/mol. The predicted octanol–water partition coefficient (Wildman–Crippen LogP) is 4.14. The van der Waals surface area contributed by atoms with Crippen LogP contribution in [0.1, 0.15) is 34.0 Å². The third-order valence-electron chi connectivity index (χ3n) is 5.42. The van der Waals surface area contributed by atoms with Crippen LogP contribution in [0.3, 0.4) is 0 Å². The molecule has 1 N–H and O–H groups in total. The Bertz CT molecular complexity index is 1010. The van der Waals surface area contributed by atoms with Crippen molar-refractivity contribution in [1.29, 1.82) is 0 Å². The van der Waals surface area contributed by atoms with Crippen LogP contribution in [0.25, 0.3) is 0 Å². The molecule has 1 atom stereocenters. The summed E-state index contributed by atoms with van der Waals surface area (Å²) in [6.45, 7) is 2.57. The molecule has 0 radical (unpaired) electrons. The van der Waals surface area contributed by atoms with Crippen LogP contribution in [-0.4, -0.2) is 17.9 Å². The van der Waals surface area contributed by atoms with Gasteiger partial charge in [-0.1, -0.05) is 67.6 Å². The van der Waals surface area contributed by atoms with Gasteiger partial charge < -0.3 is 5.32 Å². The van der Waals surface area contributed by atoms with E-state index in [2.05, 4.69) is 24.4 Å². The van der Waals surface area contributed by atoms with E-state index < -0.39 is 6.04 Å². The first-order valence-electron chi connectivity index (χ1n) is 9.99. The lowest BCUT2D eigenvalue weighted by Crippen LogP contribution is -2.48. The smallest absolute Gasteiger partial charge is 0.259 e. The molecule has 0 spiro atoms. The highest BCUT2D eigenvalue weighted by Crippen LogP contribution is 2.33. The second kappa shape index (κ2) is 8.31. The normalized spacial score (nSPS) is 15.1. The molecule has 0 saturated heterocycles. The van der Waals surface area contributed by atoms with Gasteiger partial charge >= 0.3 is 0 Å². The summed E-state index contributed by atoms with van der Waals surface area (Å²) in [7, 11) is 0. The molecular formula is C25H24N2O2. The lowest BCUT2D eigenvalue weighted by molar-refractivity contribution is -0.122. The highest BCUT2D eigenvalue weighted by Gasteiger charge is 2.38. The van der Waals surface area contributed by atoms with Crippen molar-refractivity contribution in [2.45, 2.75) is 32.4 Å². The van der Waals surface area contributed by atoms with Crippen molar-refractivity contribution in [2.75, 3.05) is 4.90 Å². The van der Waals surface area contributed by atoms with Gasteiger partial charge in [-0.05, 0) is 41.3 Å². The third-order valence-corrected chi connectivity index (χ3v) is 5.42. The quantitative estimate of drug-likeness (QED) is 0.719. The summed E-state index contributed by atoms with van der Waals surface area (Å²) in [5.41, 5.74) is 4.73. The first kappa shape index (κ1) is 18.9. The Morgan fingerprint density at radius 3 is 2.28 bits per heavy atom. The van der Waals surface area contributed by atoms with Gasteiger partial charge in [-0.3, -0.25) is 14.5 Å². The van der Waals surface area contributed by atoms with Gasteiger partial charge in [-0.25, -0.2) is 0 Å². The van der Waals surface area contributed by atoms with E-state index in [4.69, 9.17) is 0 Å². The minimum absolute atomic E-state index is 0.134. The maximum atomic E-state index is 13.2. The van der Waals surface area contributed by atoms with Crippen LogP contribution in [-0.2, 0) is 24.2 Å². The molecule has 3 aromatic carbocycles. The number of benzene rings is 3. The Hall–Kier alpha value is -3.40. The zero-order chi connectivity index (χ0) is 20.2. The Morgan fingerprint density at radius 1 is 0.897 bits per heavy atom. The molecule has 0 saturated carbocycles. The van der Waals surface area contributed by atoms with Crippen molar-refractivity contribution in [2.24, 2.45) is 0 Å². The van der Waals surface area contributed by atoms with Crippen LogP contribution in [0.4, 0.5) is 5.69 Å². The summed E-state index contributed by atoms with van der Waals surface area (Å²) in [5.74, 6) is -0.284. The largest absolute Gasteiger partial charge is 0.350 e. The van der Waals surface area contributed by atoms with Crippen molar-refractivity contribution < 1.29 is 9.59 Å². The molecule has 0 aliphatic carbocycles. The Kier molecular flexibility index (Phi) is 5.43. The van der Waals surface area contributed by atoms with Crippen LogP contribution in [0.5, 0.6) is 0 Å². The second-order valence-corrected chi connectivity index (χ2v) is 7.28. The molecular weight excluding hydrogens is 360 g/mol. The van der Waals surface area contributed by atoms with E-state index in [9.17, 15) is 9.59 Å². The van der Waals surface area contributed by atoms with Gasteiger partial charge in [0.2, 0.25) is 5.91 Å². The number of fused-ring (bicyclic) bond motifs is 1. The maximum Gasteiger partial charge on any atom is 0.259 e. The van der Waals surface area contributed by atoms with Gasteiger partial charge in [-0.2, -0.15) is 0 Å². The van der Waals surface area contributed by atoms with E-state index in [0.717, 1.165) is 23.2 Å². The zero-order valence-electron chi connectivity index (χ0n) is 16.5. The number of hydrogen-bond acceptors (Lipinski definition) is 2. The van der Waals surface area contributed by atoms with Crippen molar-refractivity contribution in [3.05, 3.63) is 101 Å². The number of para-hydroxylation sites is 1. The van der Waals surface area contributed by atoms with Gasteiger partial charge in [0.05, 0.1) is 0 Å². The van der Waals surface area contributed by atoms with Gasteiger partial charge in [0.1, 0.15) is 6.04 Å². The van der Waals surface area contributed by atoms with Crippen LogP contribution in [0.2, 0.25) is 0 Å². The van der Waals surface area contributed by atoms with E-state index in [1.165, 1.54) is 5.56 Å². The second-order valence-electron chi connectivity index (χ2n) is 7.28. The van der Waals surface area contributed by atoms with Crippen LogP contribution in [0.15, 0.2) is 78.9 Å². The number of nitrogens with one attached hydrogen (secondary N) is 1. The summed E-state index contributed by atoms with van der Waals surface area (Å²) in [5, 5.41) is 3.02. The van der Waals surface area contributed by atoms with Gasteiger partial charge in [0.25, 0.3) is 5.91 Å². The molecule has 146 valence electrons.